The highest BCUT2D eigenvalue weighted by Crippen LogP contribution is 2.38. The van der Waals surface area contributed by atoms with Crippen molar-refractivity contribution in [2.75, 3.05) is 13.2 Å². The number of carbonyl (C=O) groups excluding carboxylic acids is 1. The van der Waals surface area contributed by atoms with Gasteiger partial charge in [-0.15, -0.1) is 0 Å². The van der Waals surface area contributed by atoms with Crippen molar-refractivity contribution in [3.63, 3.8) is 0 Å². The van der Waals surface area contributed by atoms with Crippen molar-refractivity contribution in [1.29, 1.82) is 0 Å². The number of carbonyl (C=O) groups is 1. The Bertz CT molecular complexity index is 1020. The number of aryl methyl sites for hydroxylation is 2. The van der Waals surface area contributed by atoms with Crippen LogP contribution >= 0.6 is 0 Å². The van der Waals surface area contributed by atoms with Crippen molar-refractivity contribution in [2.24, 2.45) is 10.9 Å². The normalized spacial score (nSPS) is 24.7. The number of hydrogen-bond donors (Lipinski definition) is 1. The van der Waals surface area contributed by atoms with Crippen molar-refractivity contribution in [3.8, 4) is 11.3 Å². The van der Waals surface area contributed by atoms with Crippen LogP contribution in [0.2, 0.25) is 0 Å². The zero-order valence-electron chi connectivity index (χ0n) is 17.6. The Balaban J connectivity index is 1.33. The number of aliphatic imine (C=N–C) groups is 1. The second-order valence-corrected chi connectivity index (χ2v) is 8.70. The highest BCUT2D eigenvalue weighted by molar-refractivity contribution is 5.95. The van der Waals surface area contributed by atoms with Crippen LogP contribution in [-0.2, 0) is 24.1 Å². The first-order chi connectivity index (χ1) is 14.6. The average Bonchev–Trinajstić information content (AvgIpc) is 3.43. The van der Waals surface area contributed by atoms with Crippen LogP contribution in [-0.4, -0.2) is 47.2 Å². The van der Waals surface area contributed by atoms with E-state index in [2.05, 4.69) is 29.5 Å². The molecule has 3 unspecified atom stereocenters. The largest absolute Gasteiger partial charge is 0.455 e. The molecule has 0 spiro atoms. The molecule has 7 heteroatoms. The van der Waals surface area contributed by atoms with Gasteiger partial charge in [0.25, 0.3) is 5.91 Å². The van der Waals surface area contributed by atoms with E-state index in [1.54, 1.807) is 0 Å². The molecule has 7 nitrogen and oxygen atoms in total. The van der Waals surface area contributed by atoms with Gasteiger partial charge in [0.05, 0.1) is 24.4 Å². The number of aromatic nitrogens is 2. The number of dihydropyridines is 1. The summed E-state index contributed by atoms with van der Waals surface area (Å²) in [6.45, 7) is 6.16. The molecular formula is C23H28N4O3. The van der Waals surface area contributed by atoms with Gasteiger partial charge in [-0.2, -0.15) is 5.10 Å². The Morgan fingerprint density at radius 2 is 2.27 bits per heavy atom. The standard InChI is InChI=1S/C23H28N4O3/c1-14-9-18(29-13-14)10-25-23(28)22-15(2)20-19(30-22)7-6-16-11-27(26-21(16)20)12-17-5-3-4-8-24-17/h3-4,8,11,14,17-18H,5-7,9-10,12-13H2,1-2H3,(H,25,28). The maximum Gasteiger partial charge on any atom is 0.287 e. The van der Waals surface area contributed by atoms with Gasteiger partial charge in [-0.05, 0) is 43.7 Å². The molecule has 2 aromatic rings. The highest BCUT2D eigenvalue weighted by Gasteiger charge is 2.30. The lowest BCUT2D eigenvalue weighted by Crippen LogP contribution is -2.32. The van der Waals surface area contributed by atoms with E-state index in [0.717, 1.165) is 61.4 Å². The van der Waals surface area contributed by atoms with Gasteiger partial charge in [-0.25, -0.2) is 0 Å². The first-order valence-corrected chi connectivity index (χ1v) is 10.9. The number of fused-ring (bicyclic) bond motifs is 3. The summed E-state index contributed by atoms with van der Waals surface area (Å²) in [6, 6.07) is 0.225. The number of nitrogens with one attached hydrogen (secondary N) is 1. The molecule has 0 radical (unpaired) electrons. The monoisotopic (exact) mass is 408 g/mol. The van der Waals surface area contributed by atoms with Gasteiger partial charge in [0.2, 0.25) is 0 Å². The van der Waals surface area contributed by atoms with Crippen LogP contribution in [0.5, 0.6) is 0 Å². The Morgan fingerprint density at radius 3 is 3.03 bits per heavy atom. The van der Waals surface area contributed by atoms with E-state index in [1.807, 2.05) is 23.9 Å². The summed E-state index contributed by atoms with van der Waals surface area (Å²) in [4.78, 5) is 17.3. The average molecular weight is 409 g/mol. The van der Waals surface area contributed by atoms with Gasteiger partial charge in [-0.1, -0.05) is 13.0 Å². The quantitative estimate of drug-likeness (QED) is 0.824. The highest BCUT2D eigenvalue weighted by atomic mass is 16.5. The van der Waals surface area contributed by atoms with E-state index in [0.29, 0.717) is 18.2 Å². The van der Waals surface area contributed by atoms with Crippen molar-refractivity contribution in [3.05, 3.63) is 41.0 Å². The SMILES string of the molecule is Cc1c(C(=O)NCC2CC(C)CO2)oc2c1-c1nn(CC3CC=CC=N3)cc1CC2. The molecule has 4 heterocycles. The minimum absolute atomic E-state index is 0.0911. The molecule has 5 rings (SSSR count). The van der Waals surface area contributed by atoms with Gasteiger partial charge >= 0.3 is 0 Å². The zero-order valence-corrected chi connectivity index (χ0v) is 17.6. The Kier molecular flexibility index (Phi) is 5.06. The summed E-state index contributed by atoms with van der Waals surface area (Å²) in [5.74, 6) is 1.64. The van der Waals surface area contributed by atoms with E-state index in [-0.39, 0.29) is 18.1 Å². The van der Waals surface area contributed by atoms with Crippen LogP contribution < -0.4 is 5.32 Å². The Hall–Kier alpha value is -2.67. The zero-order chi connectivity index (χ0) is 20.7. The second-order valence-electron chi connectivity index (χ2n) is 8.70. The summed E-state index contributed by atoms with van der Waals surface area (Å²) in [5.41, 5.74) is 4.01. The number of hydrogen-bond acceptors (Lipinski definition) is 5. The molecule has 1 aliphatic carbocycles. The molecule has 1 saturated heterocycles. The molecule has 1 fully saturated rings. The third-order valence-corrected chi connectivity index (χ3v) is 6.22. The molecule has 1 N–H and O–H groups in total. The van der Waals surface area contributed by atoms with E-state index in [4.69, 9.17) is 14.3 Å². The summed E-state index contributed by atoms with van der Waals surface area (Å²) < 4.78 is 13.7. The summed E-state index contributed by atoms with van der Waals surface area (Å²) in [6.07, 6.45) is 11.8. The molecule has 1 amide bonds. The number of ether oxygens (including phenoxy) is 1. The van der Waals surface area contributed by atoms with Gasteiger partial charge in [0.1, 0.15) is 5.76 Å². The van der Waals surface area contributed by atoms with E-state index in [9.17, 15) is 4.79 Å². The molecular weight excluding hydrogens is 380 g/mol. The predicted molar refractivity (Wildman–Crippen MR) is 114 cm³/mol. The molecule has 158 valence electrons. The predicted octanol–water partition coefficient (Wildman–Crippen LogP) is 3.10. The summed E-state index contributed by atoms with van der Waals surface area (Å²) in [5, 5.41) is 7.83. The van der Waals surface area contributed by atoms with Crippen LogP contribution in [0.4, 0.5) is 0 Å². The van der Waals surface area contributed by atoms with Crippen molar-refractivity contribution in [1.82, 2.24) is 15.1 Å². The second kappa shape index (κ2) is 7.87. The van der Waals surface area contributed by atoms with Crippen LogP contribution in [0.1, 0.15) is 47.2 Å². The van der Waals surface area contributed by atoms with Crippen molar-refractivity contribution < 1.29 is 13.9 Å². The Labute approximate surface area is 176 Å². The molecule has 0 bridgehead atoms. The number of rotatable bonds is 5. The fraction of sp³-hybridized carbons (Fsp3) is 0.522. The van der Waals surface area contributed by atoms with E-state index < -0.39 is 0 Å². The van der Waals surface area contributed by atoms with Crippen LogP contribution in [0, 0.1) is 12.8 Å². The maximum atomic E-state index is 12.8. The van der Waals surface area contributed by atoms with Crippen LogP contribution in [0.3, 0.4) is 0 Å². The lowest BCUT2D eigenvalue weighted by atomic mass is 9.93. The number of amides is 1. The molecule has 0 saturated carbocycles. The number of furan rings is 1. The molecule has 2 aromatic heterocycles. The molecule has 0 aromatic carbocycles. The molecule has 2 aliphatic heterocycles. The van der Waals surface area contributed by atoms with Crippen LogP contribution in [0.25, 0.3) is 11.3 Å². The van der Waals surface area contributed by atoms with Crippen molar-refractivity contribution in [2.45, 2.75) is 58.2 Å². The summed E-state index contributed by atoms with van der Waals surface area (Å²) >= 11 is 0. The van der Waals surface area contributed by atoms with Gasteiger partial charge in [0.15, 0.2) is 5.76 Å². The first-order valence-electron chi connectivity index (χ1n) is 10.9. The lowest BCUT2D eigenvalue weighted by molar-refractivity contribution is 0.0826. The first kappa shape index (κ1) is 19.3. The topological polar surface area (TPSA) is 81.6 Å². The number of nitrogens with zero attached hydrogens (tertiary/aromatic N) is 3. The fourth-order valence-corrected chi connectivity index (χ4v) is 4.65. The van der Waals surface area contributed by atoms with Gasteiger partial charge in [0, 0.05) is 43.1 Å². The molecule has 30 heavy (non-hydrogen) atoms. The molecule has 3 atom stereocenters. The lowest BCUT2D eigenvalue weighted by Gasteiger charge is -2.12. The maximum absolute atomic E-state index is 12.8. The van der Waals surface area contributed by atoms with Crippen LogP contribution in [0.15, 0.2) is 27.8 Å². The minimum atomic E-state index is -0.172. The van der Waals surface area contributed by atoms with Crippen molar-refractivity contribution >= 4 is 12.1 Å². The Morgan fingerprint density at radius 1 is 1.37 bits per heavy atom. The van der Waals surface area contributed by atoms with Gasteiger partial charge in [-0.3, -0.25) is 14.5 Å². The minimum Gasteiger partial charge on any atom is -0.455 e. The smallest absolute Gasteiger partial charge is 0.287 e. The summed E-state index contributed by atoms with van der Waals surface area (Å²) in [7, 11) is 0. The third-order valence-electron chi connectivity index (χ3n) is 6.22. The van der Waals surface area contributed by atoms with E-state index in [1.165, 1.54) is 5.56 Å². The molecule has 3 aliphatic rings. The van der Waals surface area contributed by atoms with Gasteiger partial charge < -0.3 is 14.5 Å². The number of allylic oxidation sites excluding steroid dienone is 1. The third kappa shape index (κ3) is 3.62. The fourth-order valence-electron chi connectivity index (χ4n) is 4.65. The van der Waals surface area contributed by atoms with E-state index >= 15 is 0 Å².